The first-order valence-corrected chi connectivity index (χ1v) is 8.86. The molecule has 2 heterocycles. The molecule has 4 nitrogen and oxygen atoms in total. The zero-order chi connectivity index (χ0) is 16.7. The smallest absolute Gasteiger partial charge is 0.160 e. The van der Waals surface area contributed by atoms with E-state index < -0.39 is 0 Å². The number of hydrogen-bond acceptors (Lipinski definition) is 4. The Morgan fingerprint density at radius 3 is 1.43 bits per heavy atom. The van der Waals surface area contributed by atoms with Gasteiger partial charge in [-0.15, -0.1) is 13.2 Å². The number of hydrogen-bond donors (Lipinski definition) is 0. The minimum absolute atomic E-state index is 0.134. The van der Waals surface area contributed by atoms with E-state index in [4.69, 9.17) is 18.9 Å². The summed E-state index contributed by atoms with van der Waals surface area (Å²) in [5.41, 5.74) is -0.161. The molecule has 0 radical (unpaired) electrons. The van der Waals surface area contributed by atoms with Gasteiger partial charge in [-0.2, -0.15) is 0 Å². The maximum absolute atomic E-state index is 6.00. The molecule has 132 valence electrons. The van der Waals surface area contributed by atoms with Gasteiger partial charge in [0.25, 0.3) is 0 Å². The van der Waals surface area contributed by atoms with E-state index in [2.05, 4.69) is 27.0 Å². The van der Waals surface area contributed by atoms with Crippen LogP contribution in [0, 0.1) is 17.3 Å². The zero-order valence-electron chi connectivity index (χ0n) is 14.7. The van der Waals surface area contributed by atoms with Gasteiger partial charge in [-0.3, -0.25) is 0 Å². The van der Waals surface area contributed by atoms with Crippen molar-refractivity contribution in [2.45, 2.75) is 52.1 Å². The van der Waals surface area contributed by atoms with E-state index in [1.54, 1.807) is 0 Å². The van der Waals surface area contributed by atoms with Crippen molar-refractivity contribution in [2.24, 2.45) is 17.3 Å². The maximum atomic E-state index is 6.00. The van der Waals surface area contributed by atoms with Crippen LogP contribution in [0.1, 0.15) is 39.5 Å². The average molecular weight is 324 g/mol. The van der Waals surface area contributed by atoms with Gasteiger partial charge >= 0.3 is 0 Å². The van der Waals surface area contributed by atoms with E-state index in [0.717, 1.165) is 25.7 Å². The van der Waals surface area contributed by atoms with Crippen molar-refractivity contribution in [3.05, 3.63) is 25.3 Å². The van der Waals surface area contributed by atoms with Gasteiger partial charge in [0.05, 0.1) is 31.8 Å². The van der Waals surface area contributed by atoms with Gasteiger partial charge in [-0.05, 0) is 25.7 Å². The van der Waals surface area contributed by atoms with Crippen LogP contribution in [0.15, 0.2) is 25.3 Å². The molecule has 2 aliphatic rings. The topological polar surface area (TPSA) is 36.9 Å². The standard InChI is InChI=1S/C19H32O4/c1-5-9-15(7-3)17-20-11-19(12-21-17)13-22-18(23-14-19)16(8-4)10-6-2/h5-6,15-18H,1-2,7-14H2,3-4H3. The number of ether oxygens (including phenoxy) is 4. The highest BCUT2D eigenvalue weighted by atomic mass is 16.7. The highest BCUT2D eigenvalue weighted by Crippen LogP contribution is 2.35. The molecular formula is C19H32O4. The molecular weight excluding hydrogens is 292 g/mol. The van der Waals surface area contributed by atoms with Crippen molar-refractivity contribution < 1.29 is 18.9 Å². The maximum Gasteiger partial charge on any atom is 0.160 e. The molecule has 0 amide bonds. The van der Waals surface area contributed by atoms with Crippen LogP contribution in [-0.4, -0.2) is 39.0 Å². The molecule has 4 heteroatoms. The predicted octanol–water partition coefficient (Wildman–Crippen LogP) is 3.92. The number of allylic oxidation sites excluding steroid dienone is 2. The SMILES string of the molecule is C=CCC(CC)C1OCC2(CO1)COC(C(CC)CC=C)OC2. The van der Waals surface area contributed by atoms with Gasteiger partial charge < -0.3 is 18.9 Å². The van der Waals surface area contributed by atoms with Gasteiger partial charge in [0, 0.05) is 11.8 Å². The van der Waals surface area contributed by atoms with Gasteiger partial charge in [0.15, 0.2) is 12.6 Å². The molecule has 0 N–H and O–H groups in total. The van der Waals surface area contributed by atoms with Crippen LogP contribution in [0.5, 0.6) is 0 Å². The highest BCUT2D eigenvalue weighted by Gasteiger charge is 2.44. The molecule has 2 rings (SSSR count). The van der Waals surface area contributed by atoms with Crippen molar-refractivity contribution >= 4 is 0 Å². The monoisotopic (exact) mass is 324 g/mol. The zero-order valence-corrected chi connectivity index (χ0v) is 14.7. The average Bonchev–Trinajstić information content (AvgIpc) is 2.59. The Morgan fingerprint density at radius 1 is 0.826 bits per heavy atom. The second-order valence-electron chi connectivity index (χ2n) is 6.87. The van der Waals surface area contributed by atoms with Gasteiger partial charge in [0.1, 0.15) is 0 Å². The molecule has 2 aliphatic heterocycles. The number of rotatable bonds is 8. The van der Waals surface area contributed by atoms with Gasteiger partial charge in [-0.25, -0.2) is 0 Å². The minimum Gasteiger partial charge on any atom is -0.352 e. The molecule has 2 unspecified atom stereocenters. The van der Waals surface area contributed by atoms with Crippen LogP contribution in [0.25, 0.3) is 0 Å². The van der Waals surface area contributed by atoms with E-state index >= 15 is 0 Å². The molecule has 23 heavy (non-hydrogen) atoms. The van der Waals surface area contributed by atoms with Crippen molar-refractivity contribution in [2.75, 3.05) is 26.4 Å². The van der Waals surface area contributed by atoms with Crippen LogP contribution < -0.4 is 0 Å². The van der Waals surface area contributed by atoms with Crippen molar-refractivity contribution in [1.82, 2.24) is 0 Å². The van der Waals surface area contributed by atoms with Crippen LogP contribution in [-0.2, 0) is 18.9 Å². The lowest BCUT2D eigenvalue weighted by atomic mass is 9.89. The summed E-state index contributed by atoms with van der Waals surface area (Å²) in [6, 6.07) is 0. The molecule has 0 saturated carbocycles. The first-order chi connectivity index (χ1) is 11.2. The Labute approximate surface area is 140 Å². The summed E-state index contributed by atoms with van der Waals surface area (Å²) in [6.07, 6.45) is 7.50. The van der Waals surface area contributed by atoms with Gasteiger partial charge in [-0.1, -0.05) is 26.0 Å². The molecule has 0 bridgehead atoms. The lowest BCUT2D eigenvalue weighted by molar-refractivity contribution is -0.318. The molecule has 1 spiro atoms. The van der Waals surface area contributed by atoms with Crippen molar-refractivity contribution in [3.8, 4) is 0 Å². The Kier molecular flexibility index (Phi) is 7.28. The Hall–Kier alpha value is -0.680. The fraction of sp³-hybridized carbons (Fsp3) is 0.789. The second-order valence-corrected chi connectivity index (χ2v) is 6.87. The van der Waals surface area contributed by atoms with E-state index in [0.29, 0.717) is 38.3 Å². The third kappa shape index (κ3) is 4.66. The van der Waals surface area contributed by atoms with Crippen molar-refractivity contribution in [1.29, 1.82) is 0 Å². The molecule has 2 atom stereocenters. The van der Waals surface area contributed by atoms with Crippen LogP contribution in [0.4, 0.5) is 0 Å². The lowest BCUT2D eigenvalue weighted by Crippen LogP contribution is -2.54. The molecule has 2 saturated heterocycles. The summed E-state index contributed by atoms with van der Waals surface area (Å²) >= 11 is 0. The Morgan fingerprint density at radius 2 is 1.17 bits per heavy atom. The fourth-order valence-corrected chi connectivity index (χ4v) is 3.29. The summed E-state index contributed by atoms with van der Waals surface area (Å²) in [6.45, 7) is 14.5. The second kappa shape index (κ2) is 8.97. The Bertz CT molecular complexity index is 326. The quantitative estimate of drug-likeness (QED) is 0.634. The minimum atomic E-state index is -0.161. The Balaban J connectivity index is 1.83. The largest absolute Gasteiger partial charge is 0.352 e. The van der Waals surface area contributed by atoms with Crippen LogP contribution in [0.2, 0.25) is 0 Å². The molecule has 2 fully saturated rings. The first kappa shape index (κ1) is 18.7. The summed E-state index contributed by atoms with van der Waals surface area (Å²) in [5, 5.41) is 0. The third-order valence-corrected chi connectivity index (χ3v) is 4.97. The van der Waals surface area contributed by atoms with E-state index in [1.807, 2.05) is 12.2 Å². The van der Waals surface area contributed by atoms with Crippen LogP contribution >= 0.6 is 0 Å². The fourth-order valence-electron chi connectivity index (χ4n) is 3.29. The van der Waals surface area contributed by atoms with Crippen molar-refractivity contribution in [3.63, 3.8) is 0 Å². The predicted molar refractivity (Wildman–Crippen MR) is 91.0 cm³/mol. The summed E-state index contributed by atoms with van der Waals surface area (Å²) in [7, 11) is 0. The van der Waals surface area contributed by atoms with E-state index in [1.165, 1.54) is 0 Å². The normalized spacial score (nSPS) is 34.0. The molecule has 0 aromatic rings. The summed E-state index contributed by atoms with van der Waals surface area (Å²) < 4.78 is 24.0. The molecule has 0 aliphatic carbocycles. The van der Waals surface area contributed by atoms with E-state index in [9.17, 15) is 0 Å². The van der Waals surface area contributed by atoms with Gasteiger partial charge in [0.2, 0.25) is 0 Å². The highest BCUT2D eigenvalue weighted by molar-refractivity contribution is 4.87. The van der Waals surface area contributed by atoms with Crippen LogP contribution in [0.3, 0.4) is 0 Å². The third-order valence-electron chi connectivity index (χ3n) is 4.97. The summed E-state index contributed by atoms with van der Waals surface area (Å²) in [4.78, 5) is 0. The lowest BCUT2D eigenvalue weighted by Gasteiger charge is -2.46. The first-order valence-electron chi connectivity index (χ1n) is 8.86. The molecule has 0 aromatic heterocycles. The van der Waals surface area contributed by atoms with E-state index in [-0.39, 0.29) is 18.0 Å². The summed E-state index contributed by atoms with van der Waals surface area (Å²) in [5.74, 6) is 0.750. The molecule has 0 aromatic carbocycles.